The van der Waals surface area contributed by atoms with Crippen LogP contribution in [0.4, 0.5) is 10.1 Å². The number of rotatable bonds is 0. The van der Waals surface area contributed by atoms with E-state index in [0.717, 1.165) is 69.1 Å². The number of hydrogen-bond acceptors (Lipinski definition) is 3. The zero-order valence-electron chi connectivity index (χ0n) is 15.1. The number of halogens is 2. The van der Waals surface area contributed by atoms with Crippen molar-refractivity contribution in [1.82, 2.24) is 10.2 Å². The lowest BCUT2D eigenvalue weighted by Gasteiger charge is -2.32. The van der Waals surface area contributed by atoms with Gasteiger partial charge >= 0.3 is 0 Å². The molecule has 0 aromatic heterocycles. The number of aliphatic imine (C=N–C) groups is 1. The van der Waals surface area contributed by atoms with Crippen molar-refractivity contribution in [2.75, 3.05) is 39.8 Å². The maximum absolute atomic E-state index is 14.1. The Kier molecular flexibility index (Phi) is 5.09. The number of likely N-dealkylation sites (N-methyl/N-ethyl adjacent to an activating group) is 1. The van der Waals surface area contributed by atoms with Crippen LogP contribution in [0.1, 0.15) is 18.4 Å². The first-order valence-electron chi connectivity index (χ1n) is 9.39. The third-order valence-electron chi connectivity index (χ3n) is 5.52. The zero-order valence-corrected chi connectivity index (χ0v) is 15.9. The number of benzene rings is 1. The van der Waals surface area contributed by atoms with Gasteiger partial charge in [0, 0.05) is 32.2 Å². The Hall–Kier alpha value is -1.72. The standard InChI is InChI=1S/C20H25ClFN4/c1-25-9-3-2-4-14-5-6-15-12-16(21)17(22)13-18(15)24-20(19(14)25)26-10-7-23-8-11-26/h2-3,12-14,23H,4-11H2,1H3/q+1. The summed E-state index contributed by atoms with van der Waals surface area (Å²) < 4.78 is 16.4. The van der Waals surface area contributed by atoms with Crippen molar-refractivity contribution in [3.63, 3.8) is 0 Å². The third kappa shape index (κ3) is 3.42. The van der Waals surface area contributed by atoms with Crippen molar-refractivity contribution >= 4 is 28.8 Å². The fourth-order valence-corrected chi connectivity index (χ4v) is 4.30. The summed E-state index contributed by atoms with van der Waals surface area (Å²) in [7, 11) is 2.14. The zero-order chi connectivity index (χ0) is 18.1. The minimum Gasteiger partial charge on any atom is -0.349 e. The second kappa shape index (κ2) is 7.49. The van der Waals surface area contributed by atoms with Crippen molar-refractivity contribution in [2.45, 2.75) is 19.3 Å². The fraction of sp³-hybridized carbons (Fsp3) is 0.500. The van der Waals surface area contributed by atoms with Gasteiger partial charge < -0.3 is 10.2 Å². The van der Waals surface area contributed by atoms with Crippen molar-refractivity contribution in [3.8, 4) is 0 Å². The van der Waals surface area contributed by atoms with Crippen molar-refractivity contribution in [2.24, 2.45) is 10.9 Å². The van der Waals surface area contributed by atoms with Gasteiger partial charge in [0.05, 0.1) is 16.6 Å². The van der Waals surface area contributed by atoms with E-state index in [4.69, 9.17) is 16.6 Å². The summed E-state index contributed by atoms with van der Waals surface area (Å²) in [5.74, 6) is 1.03. The average Bonchev–Trinajstić information content (AvgIpc) is 2.81. The number of amidine groups is 1. The van der Waals surface area contributed by atoms with Gasteiger partial charge in [-0.1, -0.05) is 17.7 Å². The van der Waals surface area contributed by atoms with Crippen LogP contribution >= 0.6 is 11.6 Å². The third-order valence-corrected chi connectivity index (χ3v) is 5.81. The highest BCUT2D eigenvalue weighted by Crippen LogP contribution is 2.32. The first kappa shape index (κ1) is 17.7. The second-order valence-corrected chi connectivity index (χ2v) is 7.68. The lowest BCUT2D eigenvalue weighted by Crippen LogP contribution is -2.51. The van der Waals surface area contributed by atoms with Crippen LogP contribution in [0.3, 0.4) is 0 Å². The largest absolute Gasteiger partial charge is 0.349 e. The van der Waals surface area contributed by atoms with Gasteiger partial charge in [0.25, 0.3) is 0 Å². The van der Waals surface area contributed by atoms with E-state index in [1.807, 2.05) is 0 Å². The van der Waals surface area contributed by atoms with Gasteiger partial charge in [0.1, 0.15) is 12.9 Å². The van der Waals surface area contributed by atoms with Crippen LogP contribution < -0.4 is 5.32 Å². The molecule has 4 nitrogen and oxygen atoms in total. The first-order chi connectivity index (χ1) is 12.6. The second-order valence-electron chi connectivity index (χ2n) is 7.28. The normalized spacial score (nSPS) is 23.6. The van der Waals surface area contributed by atoms with Crippen molar-refractivity contribution < 1.29 is 8.97 Å². The van der Waals surface area contributed by atoms with Crippen LogP contribution in [0.5, 0.6) is 0 Å². The summed E-state index contributed by atoms with van der Waals surface area (Å²) in [6.45, 7) is 4.61. The Morgan fingerprint density at radius 3 is 2.88 bits per heavy atom. The molecule has 3 aliphatic heterocycles. The number of aryl methyl sites for hydroxylation is 1. The molecule has 1 aromatic carbocycles. The predicted octanol–water partition coefficient (Wildman–Crippen LogP) is 3.02. The molecular formula is C20H25ClFN4+. The molecule has 0 aliphatic carbocycles. The Labute approximate surface area is 159 Å². The summed E-state index contributed by atoms with van der Waals surface area (Å²) >= 11 is 6.04. The number of allylic oxidation sites excluding steroid dienone is 1. The quantitative estimate of drug-likeness (QED) is 0.558. The molecule has 6 heteroatoms. The highest BCUT2D eigenvalue weighted by molar-refractivity contribution is 6.40. The van der Waals surface area contributed by atoms with Crippen LogP contribution in [-0.2, 0) is 6.42 Å². The molecule has 0 bridgehead atoms. The molecule has 1 saturated heterocycles. The van der Waals surface area contributed by atoms with Crippen molar-refractivity contribution in [3.05, 3.63) is 40.7 Å². The highest BCUT2D eigenvalue weighted by atomic mass is 35.5. The van der Waals surface area contributed by atoms with E-state index in [1.54, 1.807) is 6.07 Å². The fourth-order valence-electron chi connectivity index (χ4n) is 4.11. The lowest BCUT2D eigenvalue weighted by atomic mass is 9.89. The van der Waals surface area contributed by atoms with E-state index in [1.165, 1.54) is 11.8 Å². The van der Waals surface area contributed by atoms with E-state index < -0.39 is 5.82 Å². The Balaban J connectivity index is 1.87. The summed E-state index contributed by atoms with van der Waals surface area (Å²) in [4.78, 5) is 7.36. The summed E-state index contributed by atoms with van der Waals surface area (Å²) in [6.07, 6.45) is 7.42. The molecule has 1 atom stereocenters. The van der Waals surface area contributed by atoms with Gasteiger partial charge in [-0.15, -0.1) is 0 Å². The number of nitrogens with zero attached hydrogens (tertiary/aromatic N) is 3. The topological polar surface area (TPSA) is 30.6 Å². The van der Waals surface area contributed by atoms with E-state index in [-0.39, 0.29) is 5.02 Å². The molecule has 3 aliphatic rings. The minimum absolute atomic E-state index is 0.185. The van der Waals surface area contributed by atoms with Crippen molar-refractivity contribution in [1.29, 1.82) is 0 Å². The molecule has 1 N–H and O–H groups in total. The van der Waals surface area contributed by atoms with Gasteiger partial charge in [0.15, 0.2) is 12.4 Å². The molecule has 1 unspecified atom stereocenters. The van der Waals surface area contributed by atoms with Crippen LogP contribution in [0.15, 0.2) is 29.3 Å². The maximum atomic E-state index is 14.1. The molecular weight excluding hydrogens is 351 g/mol. The summed E-state index contributed by atoms with van der Waals surface area (Å²) in [6, 6.07) is 3.25. The summed E-state index contributed by atoms with van der Waals surface area (Å²) in [5, 5.41) is 3.59. The summed E-state index contributed by atoms with van der Waals surface area (Å²) in [5.41, 5.74) is 3.05. The minimum atomic E-state index is -0.396. The maximum Gasteiger partial charge on any atom is 0.222 e. The van der Waals surface area contributed by atoms with Gasteiger partial charge in [-0.05, 0) is 37.0 Å². The van der Waals surface area contributed by atoms with Gasteiger partial charge in [-0.25, -0.2) is 14.0 Å². The van der Waals surface area contributed by atoms with Gasteiger partial charge in [0.2, 0.25) is 5.71 Å². The van der Waals surface area contributed by atoms with E-state index in [2.05, 4.69) is 34.0 Å². The predicted molar refractivity (Wildman–Crippen MR) is 105 cm³/mol. The number of fused-ring (bicyclic) bond motifs is 2. The number of nitrogens with one attached hydrogen (secondary N) is 1. The van der Waals surface area contributed by atoms with E-state index in [0.29, 0.717) is 5.92 Å². The number of piperazine rings is 1. The van der Waals surface area contributed by atoms with Gasteiger partial charge in [-0.3, -0.25) is 0 Å². The van der Waals surface area contributed by atoms with Crippen LogP contribution in [0.2, 0.25) is 5.02 Å². The number of hydrogen-bond donors (Lipinski definition) is 1. The molecule has 4 rings (SSSR count). The molecule has 26 heavy (non-hydrogen) atoms. The molecule has 3 heterocycles. The lowest BCUT2D eigenvalue weighted by molar-refractivity contribution is -0.486. The first-order valence-corrected chi connectivity index (χ1v) is 9.77. The van der Waals surface area contributed by atoms with Crippen LogP contribution in [0.25, 0.3) is 0 Å². The van der Waals surface area contributed by atoms with E-state index in [9.17, 15) is 4.39 Å². The Morgan fingerprint density at radius 2 is 2.08 bits per heavy atom. The molecule has 0 spiro atoms. The van der Waals surface area contributed by atoms with Gasteiger partial charge in [-0.2, -0.15) is 0 Å². The SMILES string of the molecule is C[N+]1=C2C(N3CCNCC3)=Nc3cc(F)c(Cl)cc3CCC2CC=CC1. The molecule has 0 saturated carbocycles. The Morgan fingerprint density at radius 1 is 1.27 bits per heavy atom. The molecule has 1 aromatic rings. The van der Waals surface area contributed by atoms with E-state index >= 15 is 0 Å². The van der Waals surface area contributed by atoms with Crippen LogP contribution in [-0.4, -0.2) is 60.8 Å². The monoisotopic (exact) mass is 375 g/mol. The molecule has 0 radical (unpaired) electrons. The Bertz CT molecular complexity index is 793. The smallest absolute Gasteiger partial charge is 0.222 e. The average molecular weight is 376 g/mol. The molecule has 0 amide bonds. The molecule has 1 fully saturated rings. The highest BCUT2D eigenvalue weighted by Gasteiger charge is 2.34. The van der Waals surface area contributed by atoms with Crippen LogP contribution in [0, 0.1) is 11.7 Å². The molecule has 138 valence electrons.